The van der Waals surface area contributed by atoms with Crippen LogP contribution in [0.15, 0.2) is 53.1 Å². The monoisotopic (exact) mass is 369 g/mol. The highest BCUT2D eigenvalue weighted by Crippen LogP contribution is 2.18. The number of hydrogen-bond acceptors (Lipinski definition) is 4. The van der Waals surface area contributed by atoms with Gasteiger partial charge < -0.3 is 15.1 Å². The second kappa shape index (κ2) is 9.37. The van der Waals surface area contributed by atoms with E-state index >= 15 is 0 Å². The smallest absolute Gasteiger partial charge is 0.309 e. The standard InChI is InChI=1S/C21H27N3O3/c1-16(18-6-3-2-4-7-18)23-21(26)20(25)22-14-17-9-11-24(12-10-17)15-19-8-5-13-27-19/h2-8,13,16-17H,9-12,14-15H2,1H3,(H,22,25)(H,23,26). The average molecular weight is 369 g/mol. The number of likely N-dealkylation sites (tertiary alicyclic amines) is 1. The molecule has 2 N–H and O–H groups in total. The Balaban J connectivity index is 1.36. The van der Waals surface area contributed by atoms with Crippen LogP contribution in [0.5, 0.6) is 0 Å². The van der Waals surface area contributed by atoms with Crippen molar-refractivity contribution in [3.8, 4) is 0 Å². The SMILES string of the molecule is CC(NC(=O)C(=O)NCC1CCN(Cc2ccco2)CC1)c1ccccc1. The van der Waals surface area contributed by atoms with Gasteiger partial charge in [-0.25, -0.2) is 0 Å². The van der Waals surface area contributed by atoms with Gasteiger partial charge in [-0.3, -0.25) is 14.5 Å². The Bertz CT molecular complexity index is 722. The Morgan fingerprint density at radius 3 is 2.52 bits per heavy atom. The van der Waals surface area contributed by atoms with Gasteiger partial charge in [0.1, 0.15) is 5.76 Å². The predicted molar refractivity (Wildman–Crippen MR) is 103 cm³/mol. The number of benzene rings is 1. The van der Waals surface area contributed by atoms with Gasteiger partial charge >= 0.3 is 11.8 Å². The highest BCUT2D eigenvalue weighted by molar-refractivity contribution is 6.35. The number of amides is 2. The number of nitrogens with one attached hydrogen (secondary N) is 2. The molecule has 0 spiro atoms. The third-order valence-electron chi connectivity index (χ3n) is 5.07. The maximum Gasteiger partial charge on any atom is 0.309 e. The summed E-state index contributed by atoms with van der Waals surface area (Å²) in [7, 11) is 0. The number of rotatable bonds is 6. The molecule has 2 heterocycles. The maximum absolute atomic E-state index is 12.1. The van der Waals surface area contributed by atoms with Gasteiger partial charge in [-0.05, 0) is 56.5 Å². The zero-order chi connectivity index (χ0) is 19.1. The topological polar surface area (TPSA) is 74.6 Å². The normalized spacial score (nSPS) is 16.6. The van der Waals surface area contributed by atoms with Crippen LogP contribution in [0.3, 0.4) is 0 Å². The molecule has 2 aromatic rings. The fourth-order valence-electron chi connectivity index (χ4n) is 3.38. The first-order valence-electron chi connectivity index (χ1n) is 9.50. The van der Waals surface area contributed by atoms with Gasteiger partial charge in [-0.2, -0.15) is 0 Å². The number of nitrogens with zero attached hydrogens (tertiary/aromatic N) is 1. The van der Waals surface area contributed by atoms with Crippen LogP contribution in [-0.2, 0) is 16.1 Å². The molecule has 1 aromatic carbocycles. The first-order valence-corrected chi connectivity index (χ1v) is 9.50. The van der Waals surface area contributed by atoms with E-state index in [9.17, 15) is 9.59 Å². The second-order valence-corrected chi connectivity index (χ2v) is 7.11. The van der Waals surface area contributed by atoms with Crippen LogP contribution in [0.2, 0.25) is 0 Å². The maximum atomic E-state index is 12.1. The largest absolute Gasteiger partial charge is 0.468 e. The number of piperidine rings is 1. The van der Waals surface area contributed by atoms with Crippen molar-refractivity contribution in [2.24, 2.45) is 5.92 Å². The molecule has 2 amide bonds. The molecule has 0 bridgehead atoms. The summed E-state index contributed by atoms with van der Waals surface area (Å²) in [4.78, 5) is 26.5. The Labute approximate surface area is 159 Å². The van der Waals surface area contributed by atoms with E-state index in [0.717, 1.165) is 43.8 Å². The lowest BCUT2D eigenvalue weighted by atomic mass is 9.96. The van der Waals surface area contributed by atoms with Gasteiger partial charge in [-0.15, -0.1) is 0 Å². The molecule has 1 unspecified atom stereocenters. The predicted octanol–water partition coefficient (Wildman–Crippen LogP) is 2.49. The lowest BCUT2D eigenvalue weighted by Crippen LogP contribution is -2.44. The van der Waals surface area contributed by atoms with Gasteiger partial charge in [-0.1, -0.05) is 30.3 Å². The van der Waals surface area contributed by atoms with E-state index in [0.29, 0.717) is 12.5 Å². The third-order valence-corrected chi connectivity index (χ3v) is 5.07. The van der Waals surface area contributed by atoms with E-state index in [1.54, 1.807) is 6.26 Å². The van der Waals surface area contributed by atoms with E-state index in [4.69, 9.17) is 4.42 Å². The zero-order valence-corrected chi connectivity index (χ0v) is 15.7. The Hall–Kier alpha value is -2.60. The molecule has 1 fully saturated rings. The summed E-state index contributed by atoms with van der Waals surface area (Å²) in [5.41, 5.74) is 0.975. The van der Waals surface area contributed by atoms with Crippen molar-refractivity contribution in [2.75, 3.05) is 19.6 Å². The Kier molecular flexibility index (Phi) is 6.65. The minimum absolute atomic E-state index is 0.200. The molecule has 6 heteroatoms. The van der Waals surface area contributed by atoms with Gasteiger partial charge in [0, 0.05) is 6.54 Å². The molecule has 3 rings (SSSR count). The van der Waals surface area contributed by atoms with Gasteiger partial charge in [0.2, 0.25) is 0 Å². The molecule has 27 heavy (non-hydrogen) atoms. The molecule has 1 aromatic heterocycles. The van der Waals surface area contributed by atoms with Crippen molar-refractivity contribution in [3.05, 3.63) is 60.1 Å². The summed E-state index contributed by atoms with van der Waals surface area (Å²) in [6, 6.07) is 13.3. The van der Waals surface area contributed by atoms with Crippen LogP contribution in [0, 0.1) is 5.92 Å². The molecule has 0 saturated carbocycles. The van der Waals surface area contributed by atoms with Crippen molar-refractivity contribution in [1.29, 1.82) is 0 Å². The molecule has 6 nitrogen and oxygen atoms in total. The Morgan fingerprint density at radius 2 is 1.85 bits per heavy atom. The van der Waals surface area contributed by atoms with E-state index < -0.39 is 11.8 Å². The van der Waals surface area contributed by atoms with Crippen LogP contribution in [0.25, 0.3) is 0 Å². The molecular formula is C21H27N3O3. The number of hydrogen-bond donors (Lipinski definition) is 2. The second-order valence-electron chi connectivity index (χ2n) is 7.11. The van der Waals surface area contributed by atoms with Crippen LogP contribution >= 0.6 is 0 Å². The van der Waals surface area contributed by atoms with Crippen molar-refractivity contribution < 1.29 is 14.0 Å². The number of carbonyl (C=O) groups excluding carboxylic acids is 2. The quantitative estimate of drug-likeness (QED) is 0.767. The van der Waals surface area contributed by atoms with E-state index in [-0.39, 0.29) is 6.04 Å². The molecule has 1 aliphatic heterocycles. The van der Waals surface area contributed by atoms with Crippen molar-refractivity contribution in [3.63, 3.8) is 0 Å². The molecular weight excluding hydrogens is 342 g/mol. The highest BCUT2D eigenvalue weighted by Gasteiger charge is 2.22. The number of furan rings is 1. The summed E-state index contributed by atoms with van der Waals surface area (Å²) >= 11 is 0. The summed E-state index contributed by atoms with van der Waals surface area (Å²) in [6.07, 6.45) is 3.70. The van der Waals surface area contributed by atoms with E-state index in [2.05, 4.69) is 15.5 Å². The van der Waals surface area contributed by atoms with Crippen molar-refractivity contribution in [2.45, 2.75) is 32.4 Å². The molecule has 1 saturated heterocycles. The zero-order valence-electron chi connectivity index (χ0n) is 15.7. The van der Waals surface area contributed by atoms with Crippen LogP contribution in [0.1, 0.15) is 37.1 Å². The van der Waals surface area contributed by atoms with Crippen molar-refractivity contribution in [1.82, 2.24) is 15.5 Å². The molecule has 0 aliphatic carbocycles. The van der Waals surface area contributed by atoms with Gasteiger partial charge in [0.25, 0.3) is 0 Å². The van der Waals surface area contributed by atoms with Crippen LogP contribution in [0.4, 0.5) is 0 Å². The highest BCUT2D eigenvalue weighted by atomic mass is 16.3. The minimum atomic E-state index is -0.582. The minimum Gasteiger partial charge on any atom is -0.468 e. The molecule has 144 valence electrons. The summed E-state index contributed by atoms with van der Waals surface area (Å²) in [5.74, 6) is 0.240. The molecule has 1 atom stereocenters. The fraction of sp³-hybridized carbons (Fsp3) is 0.429. The van der Waals surface area contributed by atoms with Gasteiger partial charge in [0.05, 0.1) is 18.8 Å². The van der Waals surface area contributed by atoms with Crippen LogP contribution in [-0.4, -0.2) is 36.3 Å². The van der Waals surface area contributed by atoms with Crippen molar-refractivity contribution >= 4 is 11.8 Å². The average Bonchev–Trinajstić information content (AvgIpc) is 3.21. The Morgan fingerprint density at radius 1 is 1.11 bits per heavy atom. The van der Waals surface area contributed by atoms with E-state index in [1.165, 1.54) is 0 Å². The summed E-state index contributed by atoms with van der Waals surface area (Å²) in [6.45, 7) is 5.18. The summed E-state index contributed by atoms with van der Waals surface area (Å²) in [5, 5.41) is 5.53. The van der Waals surface area contributed by atoms with Gasteiger partial charge in [0.15, 0.2) is 0 Å². The number of carbonyl (C=O) groups is 2. The lowest BCUT2D eigenvalue weighted by molar-refractivity contribution is -0.139. The van der Waals surface area contributed by atoms with Crippen LogP contribution < -0.4 is 10.6 Å². The lowest BCUT2D eigenvalue weighted by Gasteiger charge is -2.31. The van der Waals surface area contributed by atoms with E-state index in [1.807, 2.05) is 49.4 Å². The molecule has 0 radical (unpaired) electrons. The fourth-order valence-corrected chi connectivity index (χ4v) is 3.38. The first-order chi connectivity index (χ1) is 13.1. The first kappa shape index (κ1) is 19.2. The summed E-state index contributed by atoms with van der Waals surface area (Å²) < 4.78 is 5.39. The molecule has 1 aliphatic rings. The third kappa shape index (κ3) is 5.69.